The third kappa shape index (κ3) is 2.50. The van der Waals surface area contributed by atoms with E-state index in [0.29, 0.717) is 11.7 Å². The SMILES string of the molecule is CN(C)CCN(C)c1nc2c(N)cccc2o1. The van der Waals surface area contributed by atoms with Gasteiger partial charge in [0, 0.05) is 20.1 Å². The second kappa shape index (κ2) is 4.63. The minimum absolute atomic E-state index is 0.611. The molecule has 0 atom stereocenters. The lowest BCUT2D eigenvalue weighted by Gasteiger charge is -2.17. The van der Waals surface area contributed by atoms with Crippen LogP contribution in [0, 0.1) is 0 Å². The Hall–Kier alpha value is -1.75. The number of nitrogens with zero attached hydrogens (tertiary/aromatic N) is 3. The summed E-state index contributed by atoms with van der Waals surface area (Å²) in [7, 11) is 6.04. The molecule has 2 rings (SSSR count). The predicted octanol–water partition coefficient (Wildman–Crippen LogP) is 1.41. The van der Waals surface area contributed by atoms with Gasteiger partial charge >= 0.3 is 0 Å². The molecule has 0 amide bonds. The highest BCUT2D eigenvalue weighted by molar-refractivity contribution is 5.86. The van der Waals surface area contributed by atoms with E-state index in [4.69, 9.17) is 10.2 Å². The standard InChI is InChI=1S/C12H18N4O/c1-15(2)7-8-16(3)12-14-11-9(13)5-4-6-10(11)17-12/h4-6H,7-8,13H2,1-3H3. The first-order valence-corrected chi connectivity index (χ1v) is 5.59. The third-order valence-corrected chi connectivity index (χ3v) is 2.65. The number of likely N-dealkylation sites (N-methyl/N-ethyl adjacent to an activating group) is 2. The lowest BCUT2D eigenvalue weighted by Crippen LogP contribution is -2.28. The van der Waals surface area contributed by atoms with E-state index in [1.54, 1.807) is 0 Å². The van der Waals surface area contributed by atoms with Gasteiger partial charge in [0.25, 0.3) is 6.01 Å². The monoisotopic (exact) mass is 234 g/mol. The van der Waals surface area contributed by atoms with Gasteiger partial charge in [0.2, 0.25) is 0 Å². The summed E-state index contributed by atoms with van der Waals surface area (Å²) in [4.78, 5) is 8.51. The van der Waals surface area contributed by atoms with Crippen molar-refractivity contribution in [3.63, 3.8) is 0 Å². The van der Waals surface area contributed by atoms with E-state index in [1.807, 2.05) is 44.2 Å². The van der Waals surface area contributed by atoms with Crippen molar-refractivity contribution in [2.24, 2.45) is 0 Å². The number of para-hydroxylation sites is 1. The number of anilines is 2. The van der Waals surface area contributed by atoms with Crippen molar-refractivity contribution >= 4 is 22.8 Å². The molecular weight excluding hydrogens is 216 g/mol. The van der Waals surface area contributed by atoms with E-state index < -0.39 is 0 Å². The topological polar surface area (TPSA) is 58.5 Å². The van der Waals surface area contributed by atoms with Gasteiger partial charge in [-0.15, -0.1) is 0 Å². The molecule has 5 nitrogen and oxygen atoms in total. The number of fused-ring (bicyclic) bond motifs is 1. The van der Waals surface area contributed by atoms with Gasteiger partial charge in [-0.1, -0.05) is 6.07 Å². The molecule has 2 aromatic rings. The van der Waals surface area contributed by atoms with Crippen LogP contribution in [0.25, 0.3) is 11.1 Å². The van der Waals surface area contributed by atoms with Crippen LogP contribution < -0.4 is 10.6 Å². The Morgan fingerprint density at radius 2 is 2.00 bits per heavy atom. The molecule has 1 heterocycles. The van der Waals surface area contributed by atoms with E-state index in [9.17, 15) is 0 Å². The van der Waals surface area contributed by atoms with Gasteiger partial charge in [-0.2, -0.15) is 4.98 Å². The van der Waals surface area contributed by atoms with E-state index in [0.717, 1.165) is 24.2 Å². The van der Waals surface area contributed by atoms with Crippen molar-refractivity contribution in [3.05, 3.63) is 18.2 Å². The minimum atomic E-state index is 0.611. The molecule has 2 N–H and O–H groups in total. The van der Waals surface area contributed by atoms with Crippen LogP contribution in [-0.2, 0) is 0 Å². The highest BCUT2D eigenvalue weighted by Gasteiger charge is 2.11. The summed E-state index contributed by atoms with van der Waals surface area (Å²) < 4.78 is 5.66. The molecule has 0 aliphatic rings. The first-order valence-electron chi connectivity index (χ1n) is 5.59. The quantitative estimate of drug-likeness (QED) is 0.810. The van der Waals surface area contributed by atoms with Gasteiger partial charge in [0.05, 0.1) is 5.69 Å². The van der Waals surface area contributed by atoms with Crippen molar-refractivity contribution in [2.45, 2.75) is 0 Å². The maximum Gasteiger partial charge on any atom is 0.298 e. The molecule has 0 bridgehead atoms. The van der Waals surface area contributed by atoms with Gasteiger partial charge in [0.1, 0.15) is 5.52 Å². The number of benzene rings is 1. The fourth-order valence-electron chi connectivity index (χ4n) is 1.57. The van der Waals surface area contributed by atoms with Crippen LogP contribution in [0.1, 0.15) is 0 Å². The highest BCUT2D eigenvalue weighted by atomic mass is 16.4. The van der Waals surface area contributed by atoms with E-state index in [-0.39, 0.29) is 0 Å². The summed E-state index contributed by atoms with van der Waals surface area (Å²) in [5, 5.41) is 0. The van der Waals surface area contributed by atoms with Gasteiger partial charge < -0.3 is 20.0 Å². The molecule has 1 aromatic carbocycles. The number of aromatic nitrogens is 1. The molecule has 0 aliphatic carbocycles. The molecule has 1 aromatic heterocycles. The lowest BCUT2D eigenvalue weighted by molar-refractivity contribution is 0.411. The Balaban J connectivity index is 2.21. The first-order chi connectivity index (χ1) is 8.08. The average molecular weight is 234 g/mol. The lowest BCUT2D eigenvalue weighted by atomic mass is 10.3. The minimum Gasteiger partial charge on any atom is -0.423 e. The zero-order valence-electron chi connectivity index (χ0n) is 10.5. The predicted molar refractivity (Wildman–Crippen MR) is 70.2 cm³/mol. The van der Waals surface area contributed by atoms with Gasteiger partial charge in [-0.25, -0.2) is 0 Å². The Bertz CT molecular complexity index is 506. The van der Waals surface area contributed by atoms with Crippen LogP contribution in [0.3, 0.4) is 0 Å². The molecule has 5 heteroatoms. The molecule has 0 saturated carbocycles. The van der Waals surface area contributed by atoms with Crippen LogP contribution in [0.15, 0.2) is 22.6 Å². The van der Waals surface area contributed by atoms with Gasteiger partial charge in [-0.05, 0) is 26.2 Å². The van der Waals surface area contributed by atoms with Gasteiger partial charge in [-0.3, -0.25) is 0 Å². The fourth-order valence-corrected chi connectivity index (χ4v) is 1.57. The smallest absolute Gasteiger partial charge is 0.298 e. The van der Waals surface area contributed by atoms with Crippen LogP contribution in [0.2, 0.25) is 0 Å². The van der Waals surface area contributed by atoms with Crippen molar-refractivity contribution in [1.82, 2.24) is 9.88 Å². The van der Waals surface area contributed by atoms with Crippen molar-refractivity contribution < 1.29 is 4.42 Å². The molecule has 0 aliphatic heterocycles. The summed E-state index contributed by atoms with van der Waals surface area (Å²) in [6.07, 6.45) is 0. The van der Waals surface area contributed by atoms with Gasteiger partial charge in [0.15, 0.2) is 5.58 Å². The number of hydrogen-bond acceptors (Lipinski definition) is 5. The maximum absolute atomic E-state index is 5.84. The fraction of sp³-hybridized carbons (Fsp3) is 0.417. The molecule has 0 spiro atoms. The molecule has 0 fully saturated rings. The van der Waals surface area contributed by atoms with E-state index in [1.165, 1.54) is 0 Å². The Morgan fingerprint density at radius 1 is 1.24 bits per heavy atom. The van der Waals surface area contributed by atoms with Crippen molar-refractivity contribution in [2.75, 3.05) is 44.9 Å². The van der Waals surface area contributed by atoms with Crippen LogP contribution >= 0.6 is 0 Å². The molecule has 17 heavy (non-hydrogen) atoms. The summed E-state index contributed by atoms with van der Waals surface area (Å²) in [6.45, 7) is 1.81. The average Bonchev–Trinajstić information content (AvgIpc) is 2.71. The first kappa shape index (κ1) is 11.7. The maximum atomic E-state index is 5.84. The number of oxazole rings is 1. The summed E-state index contributed by atoms with van der Waals surface area (Å²) in [6, 6.07) is 6.18. The number of rotatable bonds is 4. The Kier molecular flexibility index (Phi) is 3.19. The summed E-state index contributed by atoms with van der Waals surface area (Å²) in [5.74, 6) is 0. The number of nitrogen functional groups attached to an aromatic ring is 1. The Morgan fingerprint density at radius 3 is 2.65 bits per heavy atom. The zero-order valence-corrected chi connectivity index (χ0v) is 10.5. The normalized spacial score (nSPS) is 11.3. The van der Waals surface area contributed by atoms with Crippen molar-refractivity contribution in [1.29, 1.82) is 0 Å². The summed E-state index contributed by atoms with van der Waals surface area (Å²) in [5.41, 5.74) is 7.96. The highest BCUT2D eigenvalue weighted by Crippen LogP contribution is 2.25. The second-order valence-corrected chi connectivity index (χ2v) is 4.42. The summed E-state index contributed by atoms with van der Waals surface area (Å²) >= 11 is 0. The van der Waals surface area contributed by atoms with E-state index >= 15 is 0 Å². The molecule has 0 radical (unpaired) electrons. The molecular formula is C12H18N4O. The van der Waals surface area contributed by atoms with Crippen LogP contribution in [0.4, 0.5) is 11.7 Å². The number of hydrogen-bond donors (Lipinski definition) is 1. The van der Waals surface area contributed by atoms with Crippen LogP contribution in [0.5, 0.6) is 0 Å². The largest absolute Gasteiger partial charge is 0.423 e. The van der Waals surface area contributed by atoms with Crippen LogP contribution in [-0.4, -0.2) is 44.1 Å². The number of nitrogens with two attached hydrogens (primary N) is 1. The third-order valence-electron chi connectivity index (χ3n) is 2.65. The van der Waals surface area contributed by atoms with Crippen molar-refractivity contribution in [3.8, 4) is 0 Å². The molecule has 92 valence electrons. The Labute approximate surface area is 101 Å². The molecule has 0 unspecified atom stereocenters. The van der Waals surface area contributed by atoms with E-state index in [2.05, 4.69) is 9.88 Å². The second-order valence-electron chi connectivity index (χ2n) is 4.42. The zero-order chi connectivity index (χ0) is 12.4. The molecule has 0 saturated heterocycles.